The number of hydrogen-bond acceptors (Lipinski definition) is 8. The van der Waals surface area contributed by atoms with E-state index in [1.54, 1.807) is 0 Å². The van der Waals surface area contributed by atoms with E-state index in [0.717, 1.165) is 77.0 Å². The maximum Gasteiger partial charge on any atom is 0.306 e. The van der Waals surface area contributed by atoms with Gasteiger partial charge in [-0.15, -0.1) is 0 Å². The Morgan fingerprint density at radius 1 is 0.403 bits per heavy atom. The number of rotatable bonds is 60. The van der Waals surface area contributed by atoms with Gasteiger partial charge in [0, 0.05) is 12.8 Å². The summed E-state index contributed by atoms with van der Waals surface area (Å²) in [5.74, 6) is -2.28. The molecule has 0 saturated heterocycles. The highest BCUT2D eigenvalue weighted by Crippen LogP contribution is 2.18. The van der Waals surface area contributed by atoms with Gasteiger partial charge in [0.1, 0.15) is 13.2 Å². The molecule has 0 aromatic carbocycles. The van der Waals surface area contributed by atoms with Crippen molar-refractivity contribution in [1.82, 2.24) is 0 Å². The maximum atomic E-state index is 12.9. The summed E-state index contributed by atoms with van der Waals surface area (Å²) < 4.78 is 22.7. The van der Waals surface area contributed by atoms with E-state index in [0.29, 0.717) is 17.4 Å². The first-order valence-electron chi connectivity index (χ1n) is 32.4. The number of nitrogens with zero attached hydrogens (tertiary/aromatic N) is 1. The normalized spacial score (nSPS) is 13.1. The van der Waals surface area contributed by atoms with E-state index in [2.05, 4.69) is 74.6 Å². The van der Waals surface area contributed by atoms with Crippen LogP contribution in [0.4, 0.5) is 0 Å². The monoisotopic (exact) mass is 1080 g/mol. The molecule has 0 amide bonds. The van der Waals surface area contributed by atoms with Crippen LogP contribution in [-0.2, 0) is 33.3 Å². The first-order chi connectivity index (χ1) is 37.6. The average molecular weight is 1080 g/mol. The molecule has 0 aliphatic heterocycles. The number of carbonyl (C=O) groups excluding carboxylic acids is 3. The standard InChI is InChI=1S/C68H123NO8/c1-6-8-10-12-14-16-18-20-22-23-24-25-26-27-28-29-30-31-32-33-34-35-36-37-38-39-40-41-42-43-45-47-49-51-53-55-57-59-66(71)77-64(63-76-68(67(72)73)74-61-60-69(3,4)5)62-75-65(70)58-56-54-52-50-48-46-44-21-19-17-15-13-11-9-7-2/h8,10,14,16,20-22,24-25,44,64,68H,6-7,9,11-13,15,17-19,23,26-43,45-63H2,1-5H3/b10-8-,16-14-,22-20-,25-24-,44-21-. The Hall–Kier alpha value is -3.01. The average Bonchev–Trinajstić information content (AvgIpc) is 3.40. The summed E-state index contributed by atoms with van der Waals surface area (Å²) in [4.78, 5) is 37.3. The third-order valence-corrected chi connectivity index (χ3v) is 14.2. The van der Waals surface area contributed by atoms with Gasteiger partial charge in [-0.3, -0.25) is 9.59 Å². The molecule has 2 atom stereocenters. The summed E-state index contributed by atoms with van der Waals surface area (Å²) in [7, 11) is 5.93. The quantitative estimate of drug-likeness (QED) is 0.0195. The molecule has 9 heteroatoms. The molecule has 0 bridgehead atoms. The lowest BCUT2D eigenvalue weighted by Gasteiger charge is -2.26. The molecule has 77 heavy (non-hydrogen) atoms. The van der Waals surface area contributed by atoms with Gasteiger partial charge in [-0.25, -0.2) is 0 Å². The van der Waals surface area contributed by atoms with Crippen LogP contribution >= 0.6 is 0 Å². The Morgan fingerprint density at radius 3 is 1.12 bits per heavy atom. The maximum absolute atomic E-state index is 12.9. The Balaban J connectivity index is 3.99. The largest absolute Gasteiger partial charge is 0.545 e. The van der Waals surface area contributed by atoms with Crippen molar-refractivity contribution in [2.75, 3.05) is 47.5 Å². The molecule has 0 heterocycles. The number of unbranched alkanes of at least 4 members (excludes halogenated alkanes) is 35. The van der Waals surface area contributed by atoms with Crippen LogP contribution in [0.15, 0.2) is 60.8 Å². The molecule has 9 nitrogen and oxygen atoms in total. The molecular formula is C68H123NO8. The molecule has 0 radical (unpaired) electrons. The van der Waals surface area contributed by atoms with Crippen LogP contribution in [-0.4, -0.2) is 82.3 Å². The highest BCUT2D eigenvalue weighted by molar-refractivity contribution is 5.70. The number of hydrogen-bond donors (Lipinski definition) is 0. The van der Waals surface area contributed by atoms with Crippen molar-refractivity contribution in [3.05, 3.63) is 60.8 Å². The summed E-state index contributed by atoms with van der Waals surface area (Å²) >= 11 is 0. The minimum absolute atomic E-state index is 0.148. The van der Waals surface area contributed by atoms with Crippen molar-refractivity contribution in [2.24, 2.45) is 0 Å². The lowest BCUT2D eigenvalue weighted by molar-refractivity contribution is -0.870. The Kier molecular flexibility index (Phi) is 56.8. The topological polar surface area (TPSA) is 111 Å². The van der Waals surface area contributed by atoms with Gasteiger partial charge in [-0.05, 0) is 77.0 Å². The summed E-state index contributed by atoms with van der Waals surface area (Å²) in [5, 5.41) is 11.8. The van der Waals surface area contributed by atoms with Crippen LogP contribution < -0.4 is 5.11 Å². The summed E-state index contributed by atoms with van der Waals surface area (Å²) in [6.45, 7) is 4.65. The number of aliphatic carboxylic acids is 1. The summed E-state index contributed by atoms with van der Waals surface area (Å²) in [5.41, 5.74) is 0. The zero-order valence-corrected chi connectivity index (χ0v) is 51.1. The predicted molar refractivity (Wildman–Crippen MR) is 325 cm³/mol. The van der Waals surface area contributed by atoms with Crippen LogP contribution in [0.3, 0.4) is 0 Å². The molecule has 0 rings (SSSR count). The molecule has 0 N–H and O–H groups in total. The lowest BCUT2D eigenvalue weighted by Crippen LogP contribution is -2.44. The first-order valence-corrected chi connectivity index (χ1v) is 32.4. The second-order valence-corrected chi connectivity index (χ2v) is 23.0. The van der Waals surface area contributed by atoms with Gasteiger partial charge in [-0.1, -0.05) is 267 Å². The SMILES string of the molecule is CC/C=C\C/C=C\C/C=C\C/C=C\CCCCCCCCCCCCCCCCCCCCCCCCCCC(=O)OC(COC(=O)CCCCCCC/C=C\CCCCCCCC)COC(OCC[N+](C)(C)C)C(=O)[O-]. The summed E-state index contributed by atoms with van der Waals surface area (Å²) in [6, 6.07) is 0. The molecule has 2 unspecified atom stereocenters. The van der Waals surface area contributed by atoms with E-state index in [9.17, 15) is 19.5 Å². The number of esters is 2. The molecule has 0 spiro atoms. The van der Waals surface area contributed by atoms with Gasteiger partial charge >= 0.3 is 11.9 Å². The van der Waals surface area contributed by atoms with Crippen molar-refractivity contribution < 1.29 is 42.9 Å². The number of carboxylic acid groups (broad SMARTS) is 1. The highest BCUT2D eigenvalue weighted by atomic mass is 16.7. The molecule has 0 aliphatic carbocycles. The number of quaternary nitrogens is 1. The van der Waals surface area contributed by atoms with Crippen LogP contribution in [0.2, 0.25) is 0 Å². The van der Waals surface area contributed by atoms with Gasteiger partial charge < -0.3 is 33.3 Å². The van der Waals surface area contributed by atoms with Crippen molar-refractivity contribution in [3.63, 3.8) is 0 Å². The Labute approximate surface area is 475 Å². The van der Waals surface area contributed by atoms with Crippen LogP contribution in [0.1, 0.15) is 296 Å². The van der Waals surface area contributed by atoms with Crippen molar-refractivity contribution in [2.45, 2.75) is 309 Å². The number of likely N-dealkylation sites (N-methyl/N-ethyl adjacent to an activating group) is 1. The number of ether oxygens (including phenoxy) is 4. The summed E-state index contributed by atoms with van der Waals surface area (Å²) in [6.07, 6.45) is 73.1. The first kappa shape index (κ1) is 74.0. The highest BCUT2D eigenvalue weighted by Gasteiger charge is 2.22. The fourth-order valence-corrected chi connectivity index (χ4v) is 9.29. The second-order valence-electron chi connectivity index (χ2n) is 23.0. The molecule has 0 fully saturated rings. The van der Waals surface area contributed by atoms with E-state index in [-0.39, 0.29) is 38.6 Å². The van der Waals surface area contributed by atoms with Crippen molar-refractivity contribution in [1.29, 1.82) is 0 Å². The van der Waals surface area contributed by atoms with E-state index in [1.165, 1.54) is 186 Å². The molecule has 0 aromatic rings. The smallest absolute Gasteiger partial charge is 0.306 e. The molecule has 0 saturated carbocycles. The molecule has 0 aliphatic rings. The van der Waals surface area contributed by atoms with Gasteiger partial charge in [0.25, 0.3) is 0 Å². The van der Waals surface area contributed by atoms with Crippen molar-refractivity contribution >= 4 is 17.9 Å². The zero-order chi connectivity index (χ0) is 56.2. The van der Waals surface area contributed by atoms with Gasteiger partial charge in [0.15, 0.2) is 12.4 Å². The fraction of sp³-hybridized carbons (Fsp3) is 0.809. The number of allylic oxidation sites excluding steroid dienone is 10. The van der Waals surface area contributed by atoms with Gasteiger partial charge in [0.05, 0.1) is 40.3 Å². The predicted octanol–water partition coefficient (Wildman–Crippen LogP) is 18.2. The van der Waals surface area contributed by atoms with Crippen LogP contribution in [0.5, 0.6) is 0 Å². The van der Waals surface area contributed by atoms with E-state index < -0.39 is 24.3 Å². The third kappa shape index (κ3) is 60.5. The number of carboxylic acids is 1. The molecule has 0 aromatic heterocycles. The fourth-order valence-electron chi connectivity index (χ4n) is 9.29. The van der Waals surface area contributed by atoms with Gasteiger partial charge in [-0.2, -0.15) is 0 Å². The van der Waals surface area contributed by atoms with Gasteiger partial charge in [0.2, 0.25) is 0 Å². The van der Waals surface area contributed by atoms with Crippen LogP contribution in [0.25, 0.3) is 0 Å². The second kappa shape index (κ2) is 59.1. The minimum Gasteiger partial charge on any atom is -0.545 e. The van der Waals surface area contributed by atoms with E-state index in [4.69, 9.17) is 18.9 Å². The lowest BCUT2D eigenvalue weighted by atomic mass is 10.0. The Morgan fingerprint density at radius 2 is 0.740 bits per heavy atom. The van der Waals surface area contributed by atoms with E-state index in [1.807, 2.05) is 21.1 Å². The third-order valence-electron chi connectivity index (χ3n) is 14.2. The Bertz CT molecular complexity index is 1450. The molecule has 448 valence electrons. The minimum atomic E-state index is -1.62. The van der Waals surface area contributed by atoms with Crippen LogP contribution in [0, 0.1) is 0 Å². The van der Waals surface area contributed by atoms with Crippen molar-refractivity contribution in [3.8, 4) is 0 Å². The zero-order valence-electron chi connectivity index (χ0n) is 51.1. The molecular weight excluding hydrogens is 959 g/mol. The van der Waals surface area contributed by atoms with E-state index >= 15 is 0 Å². The number of carbonyl (C=O) groups is 3.